The van der Waals surface area contributed by atoms with Crippen molar-refractivity contribution in [3.05, 3.63) is 42.5 Å². The molecular weight excluding hydrogens is 231 g/mol. The summed E-state index contributed by atoms with van der Waals surface area (Å²) in [4.78, 5) is 7.80. The highest BCUT2D eigenvalue weighted by Crippen LogP contribution is 2.22. The third-order valence-electron chi connectivity index (χ3n) is 2.78. The van der Waals surface area contributed by atoms with Crippen LogP contribution in [-0.4, -0.2) is 14.5 Å². The summed E-state index contributed by atoms with van der Waals surface area (Å²) in [6.45, 7) is 4.21. The van der Waals surface area contributed by atoms with Crippen molar-refractivity contribution in [2.75, 3.05) is 0 Å². The van der Waals surface area contributed by atoms with Crippen LogP contribution < -0.4 is 5.73 Å². The molecule has 2 rings (SSSR count). The van der Waals surface area contributed by atoms with E-state index >= 15 is 0 Å². The number of hydrogen-bond acceptors (Lipinski definition) is 3. The Morgan fingerprint density at radius 2 is 2.11 bits per heavy atom. The number of rotatable bonds is 4. The van der Waals surface area contributed by atoms with Gasteiger partial charge < -0.3 is 5.73 Å². The molecule has 0 aliphatic rings. The zero-order valence-electron chi connectivity index (χ0n) is 10.5. The molecule has 0 saturated carbocycles. The van der Waals surface area contributed by atoms with Crippen molar-refractivity contribution in [1.29, 1.82) is 0 Å². The molecule has 0 spiro atoms. The maximum absolute atomic E-state index is 13.7. The number of halogens is 1. The highest BCUT2D eigenvalue weighted by Gasteiger charge is 2.15. The Bertz CT molecular complexity index is 521. The Morgan fingerprint density at radius 1 is 1.33 bits per heavy atom. The zero-order chi connectivity index (χ0) is 13.1. The average Bonchev–Trinajstić information content (AvgIpc) is 2.77. The van der Waals surface area contributed by atoms with E-state index in [-0.39, 0.29) is 11.9 Å². The molecule has 2 aromatic heterocycles. The van der Waals surface area contributed by atoms with Crippen molar-refractivity contribution >= 4 is 0 Å². The second kappa shape index (κ2) is 5.27. The summed E-state index contributed by atoms with van der Waals surface area (Å²) in [5, 5.41) is 0. The van der Waals surface area contributed by atoms with E-state index in [0.717, 1.165) is 12.1 Å². The molecule has 0 radical (unpaired) electrons. The minimum absolute atomic E-state index is 0.153. The molecule has 96 valence electrons. The Hall–Kier alpha value is -1.75. The first-order valence-electron chi connectivity index (χ1n) is 5.97. The molecule has 1 atom stereocenters. The van der Waals surface area contributed by atoms with Gasteiger partial charge in [0, 0.05) is 12.2 Å². The van der Waals surface area contributed by atoms with Gasteiger partial charge in [0.25, 0.3) is 0 Å². The molecule has 0 bridgehead atoms. The maximum atomic E-state index is 13.7. The summed E-state index contributed by atoms with van der Waals surface area (Å²) in [6.07, 6.45) is 6.84. The van der Waals surface area contributed by atoms with E-state index in [1.165, 1.54) is 6.20 Å². The number of imidazole rings is 1. The van der Waals surface area contributed by atoms with Gasteiger partial charge in [-0.3, -0.25) is 9.55 Å². The van der Waals surface area contributed by atoms with Gasteiger partial charge in [0.05, 0.1) is 30.1 Å². The van der Waals surface area contributed by atoms with E-state index < -0.39 is 0 Å². The summed E-state index contributed by atoms with van der Waals surface area (Å²) in [5.74, 6) is 0.0964. The minimum Gasteiger partial charge on any atom is -0.323 e. The molecule has 5 heteroatoms. The first-order valence-corrected chi connectivity index (χ1v) is 5.97. The van der Waals surface area contributed by atoms with E-state index in [9.17, 15) is 4.39 Å². The lowest BCUT2D eigenvalue weighted by Gasteiger charge is -2.16. The maximum Gasteiger partial charge on any atom is 0.165 e. The number of aromatic nitrogens is 3. The summed E-state index contributed by atoms with van der Waals surface area (Å²) < 4.78 is 15.4. The van der Waals surface area contributed by atoms with Crippen LogP contribution in [0.15, 0.2) is 31.0 Å². The number of pyridine rings is 1. The van der Waals surface area contributed by atoms with Crippen LogP contribution in [0.5, 0.6) is 0 Å². The Kier molecular flexibility index (Phi) is 3.72. The molecule has 4 nitrogen and oxygen atoms in total. The Balaban J connectivity index is 2.36. The number of nitrogens with zero attached hydrogens (tertiary/aromatic N) is 3. The standard InChI is InChI=1S/C13H17FN4/c1-9(2)5-11(15)13-7-17-8-18(13)12-3-4-16-6-10(12)14/h3-4,6-9,11H,5,15H2,1-2H3. The predicted octanol–water partition coefficient (Wildman–Crippen LogP) is 2.45. The van der Waals surface area contributed by atoms with E-state index in [2.05, 4.69) is 23.8 Å². The van der Waals surface area contributed by atoms with Crippen LogP contribution in [0.1, 0.15) is 32.0 Å². The largest absolute Gasteiger partial charge is 0.323 e. The van der Waals surface area contributed by atoms with Crippen LogP contribution in [0.2, 0.25) is 0 Å². The number of hydrogen-bond donors (Lipinski definition) is 1. The highest BCUT2D eigenvalue weighted by molar-refractivity contribution is 5.33. The van der Waals surface area contributed by atoms with Gasteiger partial charge >= 0.3 is 0 Å². The Morgan fingerprint density at radius 3 is 2.78 bits per heavy atom. The smallest absolute Gasteiger partial charge is 0.165 e. The van der Waals surface area contributed by atoms with E-state index in [0.29, 0.717) is 11.6 Å². The molecule has 18 heavy (non-hydrogen) atoms. The predicted molar refractivity (Wildman–Crippen MR) is 67.7 cm³/mol. The molecule has 0 fully saturated rings. The molecule has 2 heterocycles. The zero-order valence-corrected chi connectivity index (χ0v) is 10.5. The Labute approximate surface area is 106 Å². The fourth-order valence-electron chi connectivity index (χ4n) is 1.97. The quantitative estimate of drug-likeness (QED) is 0.904. The van der Waals surface area contributed by atoms with E-state index in [4.69, 9.17) is 5.73 Å². The monoisotopic (exact) mass is 248 g/mol. The van der Waals surface area contributed by atoms with Crippen LogP contribution in [0, 0.1) is 11.7 Å². The first kappa shape index (κ1) is 12.7. The molecule has 0 amide bonds. The van der Waals surface area contributed by atoms with Crippen LogP contribution in [0.3, 0.4) is 0 Å². The molecule has 1 unspecified atom stereocenters. The molecule has 0 saturated heterocycles. The number of nitrogens with two attached hydrogens (primary N) is 1. The summed E-state index contributed by atoms with van der Waals surface area (Å²) in [6, 6.07) is 1.46. The van der Waals surface area contributed by atoms with Crippen molar-refractivity contribution < 1.29 is 4.39 Å². The van der Waals surface area contributed by atoms with Gasteiger partial charge in [-0.2, -0.15) is 0 Å². The lowest BCUT2D eigenvalue weighted by molar-refractivity contribution is 0.496. The molecule has 2 N–H and O–H groups in total. The van der Waals surface area contributed by atoms with Gasteiger partial charge in [-0.25, -0.2) is 9.37 Å². The fourth-order valence-corrected chi connectivity index (χ4v) is 1.97. The molecule has 0 aliphatic heterocycles. The van der Waals surface area contributed by atoms with Crippen molar-refractivity contribution in [2.45, 2.75) is 26.3 Å². The molecule has 0 aromatic carbocycles. The van der Waals surface area contributed by atoms with E-state index in [1.54, 1.807) is 29.4 Å². The van der Waals surface area contributed by atoms with Crippen LogP contribution in [0.25, 0.3) is 5.69 Å². The van der Waals surface area contributed by atoms with Crippen LogP contribution >= 0.6 is 0 Å². The van der Waals surface area contributed by atoms with Gasteiger partial charge in [-0.1, -0.05) is 13.8 Å². The topological polar surface area (TPSA) is 56.7 Å². The lowest BCUT2D eigenvalue weighted by Crippen LogP contribution is -2.17. The van der Waals surface area contributed by atoms with Gasteiger partial charge in [-0.05, 0) is 18.4 Å². The van der Waals surface area contributed by atoms with Gasteiger partial charge in [-0.15, -0.1) is 0 Å². The van der Waals surface area contributed by atoms with Crippen molar-refractivity contribution in [3.63, 3.8) is 0 Å². The van der Waals surface area contributed by atoms with Crippen molar-refractivity contribution in [1.82, 2.24) is 14.5 Å². The first-order chi connectivity index (χ1) is 8.59. The average molecular weight is 248 g/mol. The fraction of sp³-hybridized carbons (Fsp3) is 0.385. The normalized spacial score (nSPS) is 12.9. The highest BCUT2D eigenvalue weighted by atomic mass is 19.1. The SMILES string of the molecule is CC(C)CC(N)c1cncn1-c1ccncc1F. The van der Waals surface area contributed by atoms with Gasteiger partial charge in [0.15, 0.2) is 5.82 Å². The molecule has 0 aliphatic carbocycles. The van der Waals surface area contributed by atoms with Crippen molar-refractivity contribution in [3.8, 4) is 5.69 Å². The third-order valence-corrected chi connectivity index (χ3v) is 2.78. The summed E-state index contributed by atoms with van der Waals surface area (Å²) in [7, 11) is 0. The van der Waals surface area contributed by atoms with Crippen LogP contribution in [-0.2, 0) is 0 Å². The minimum atomic E-state index is -0.381. The second-order valence-corrected chi connectivity index (χ2v) is 4.75. The second-order valence-electron chi connectivity index (χ2n) is 4.75. The summed E-state index contributed by atoms with van der Waals surface area (Å²) >= 11 is 0. The van der Waals surface area contributed by atoms with Crippen LogP contribution in [0.4, 0.5) is 4.39 Å². The van der Waals surface area contributed by atoms with Crippen molar-refractivity contribution in [2.24, 2.45) is 11.7 Å². The van der Waals surface area contributed by atoms with Gasteiger partial charge in [0.2, 0.25) is 0 Å². The van der Waals surface area contributed by atoms with Gasteiger partial charge in [0.1, 0.15) is 0 Å². The summed E-state index contributed by atoms with van der Waals surface area (Å²) in [5.41, 5.74) is 7.37. The molecular formula is C13H17FN4. The van der Waals surface area contributed by atoms with E-state index in [1.807, 2.05) is 0 Å². The molecule has 2 aromatic rings. The third kappa shape index (κ3) is 2.56. The lowest BCUT2D eigenvalue weighted by atomic mass is 10.0.